The number of likely N-dealkylation sites (tertiary alicyclic amines) is 1. The molecular weight excluding hydrogens is 285 g/mol. The van der Waals surface area contributed by atoms with Crippen LogP contribution in [0.15, 0.2) is 17.5 Å². The van der Waals surface area contributed by atoms with E-state index in [1.54, 1.807) is 11.3 Å². The van der Waals surface area contributed by atoms with Gasteiger partial charge in [0.15, 0.2) is 0 Å². The quantitative estimate of drug-likeness (QED) is 0.893. The molecule has 1 aliphatic rings. The number of rotatable bonds is 5. The second-order valence-corrected chi connectivity index (χ2v) is 6.33. The van der Waals surface area contributed by atoms with Gasteiger partial charge < -0.3 is 10.2 Å². The average Bonchev–Trinajstić information content (AvgIpc) is 2.92. The monoisotopic (exact) mass is 306 g/mol. The minimum atomic E-state index is -4.02. The highest BCUT2D eigenvalue weighted by Gasteiger charge is 2.40. The van der Waals surface area contributed by atoms with Crippen molar-refractivity contribution in [3.63, 3.8) is 0 Å². The van der Waals surface area contributed by atoms with Gasteiger partial charge in [-0.2, -0.15) is 13.2 Å². The molecule has 1 aliphatic heterocycles. The van der Waals surface area contributed by atoms with Gasteiger partial charge in [0.1, 0.15) is 0 Å². The molecule has 0 bridgehead atoms. The maximum atomic E-state index is 12.6. The fraction of sp³-hybridized carbons (Fsp3) is 0.714. The maximum Gasteiger partial charge on any atom is 0.391 e. The zero-order valence-electron chi connectivity index (χ0n) is 11.6. The molecule has 1 unspecified atom stereocenters. The average molecular weight is 306 g/mol. The van der Waals surface area contributed by atoms with E-state index in [9.17, 15) is 13.2 Å². The van der Waals surface area contributed by atoms with Gasteiger partial charge in [0.25, 0.3) is 0 Å². The number of nitrogens with one attached hydrogen (secondary N) is 1. The second-order valence-electron chi connectivity index (χ2n) is 5.35. The molecule has 1 fully saturated rings. The van der Waals surface area contributed by atoms with Crippen LogP contribution in [0, 0.1) is 5.92 Å². The minimum absolute atomic E-state index is 0.240. The Bertz CT molecular complexity index is 384. The number of nitrogens with zero attached hydrogens (tertiary/aromatic N) is 1. The summed E-state index contributed by atoms with van der Waals surface area (Å²) in [4.78, 5) is 3.41. The van der Waals surface area contributed by atoms with Crippen LogP contribution in [0.5, 0.6) is 0 Å². The zero-order chi connectivity index (χ0) is 14.6. The third kappa shape index (κ3) is 4.46. The van der Waals surface area contributed by atoms with E-state index in [4.69, 9.17) is 0 Å². The third-order valence-electron chi connectivity index (χ3n) is 3.90. The van der Waals surface area contributed by atoms with E-state index in [0.29, 0.717) is 19.1 Å². The molecule has 1 aromatic rings. The molecule has 2 rings (SSSR count). The molecule has 1 saturated heterocycles. The predicted molar refractivity (Wildman–Crippen MR) is 76.0 cm³/mol. The van der Waals surface area contributed by atoms with Crippen LogP contribution < -0.4 is 5.32 Å². The van der Waals surface area contributed by atoms with E-state index in [1.807, 2.05) is 6.07 Å². The van der Waals surface area contributed by atoms with E-state index < -0.39 is 12.1 Å². The summed E-state index contributed by atoms with van der Waals surface area (Å²) in [6.45, 7) is 4.86. The lowest BCUT2D eigenvalue weighted by Crippen LogP contribution is -2.41. The molecule has 1 atom stereocenters. The summed E-state index contributed by atoms with van der Waals surface area (Å²) in [6, 6.07) is 4.43. The van der Waals surface area contributed by atoms with Crippen LogP contribution >= 0.6 is 11.3 Å². The summed E-state index contributed by atoms with van der Waals surface area (Å²) in [5, 5.41) is 5.47. The minimum Gasteiger partial charge on any atom is -0.308 e. The van der Waals surface area contributed by atoms with Gasteiger partial charge in [-0.05, 0) is 44.3 Å². The topological polar surface area (TPSA) is 15.3 Å². The number of hydrogen-bond donors (Lipinski definition) is 1. The fourth-order valence-electron chi connectivity index (χ4n) is 2.56. The van der Waals surface area contributed by atoms with E-state index in [-0.39, 0.29) is 12.8 Å². The maximum absolute atomic E-state index is 12.6. The highest BCUT2D eigenvalue weighted by atomic mass is 32.1. The van der Waals surface area contributed by atoms with Crippen molar-refractivity contribution in [3.8, 4) is 0 Å². The first kappa shape index (κ1) is 15.8. The first-order chi connectivity index (χ1) is 9.47. The summed E-state index contributed by atoms with van der Waals surface area (Å²) in [5.41, 5.74) is 0. The van der Waals surface area contributed by atoms with Gasteiger partial charge in [-0.25, -0.2) is 0 Å². The third-order valence-corrected chi connectivity index (χ3v) is 4.95. The molecule has 0 aliphatic carbocycles. The molecule has 0 spiro atoms. The number of thiophene rings is 1. The number of halogens is 3. The number of alkyl halides is 3. The number of piperidine rings is 1. The molecule has 0 aromatic carbocycles. The van der Waals surface area contributed by atoms with Gasteiger partial charge in [0, 0.05) is 24.0 Å². The zero-order valence-corrected chi connectivity index (χ0v) is 12.4. The number of hydrogen-bond acceptors (Lipinski definition) is 3. The van der Waals surface area contributed by atoms with Crippen LogP contribution in [0.4, 0.5) is 13.2 Å². The van der Waals surface area contributed by atoms with Crippen molar-refractivity contribution in [2.24, 2.45) is 5.92 Å². The summed E-state index contributed by atoms with van der Waals surface area (Å²) in [5.74, 6) is -1.10. The van der Waals surface area contributed by atoms with Crippen molar-refractivity contribution in [1.29, 1.82) is 0 Å². The molecule has 1 N–H and O–H groups in total. The lowest BCUT2D eigenvalue weighted by Gasteiger charge is -2.33. The molecule has 20 heavy (non-hydrogen) atoms. The molecule has 114 valence electrons. The van der Waals surface area contributed by atoms with Gasteiger partial charge in [-0.3, -0.25) is 0 Å². The second kappa shape index (κ2) is 6.91. The Morgan fingerprint density at radius 3 is 2.65 bits per heavy atom. The van der Waals surface area contributed by atoms with E-state index in [1.165, 1.54) is 4.88 Å². The first-order valence-electron chi connectivity index (χ1n) is 7.02. The van der Waals surface area contributed by atoms with Gasteiger partial charge >= 0.3 is 6.18 Å². The fourth-order valence-corrected chi connectivity index (χ4v) is 3.32. The van der Waals surface area contributed by atoms with Crippen LogP contribution in [-0.4, -0.2) is 37.3 Å². The van der Waals surface area contributed by atoms with Crippen LogP contribution in [-0.2, 0) is 0 Å². The van der Waals surface area contributed by atoms with E-state index in [0.717, 1.165) is 13.1 Å². The van der Waals surface area contributed by atoms with Crippen LogP contribution in [0.1, 0.15) is 30.7 Å². The van der Waals surface area contributed by atoms with Crippen molar-refractivity contribution in [1.82, 2.24) is 10.2 Å². The summed E-state index contributed by atoms with van der Waals surface area (Å²) >= 11 is 1.72. The van der Waals surface area contributed by atoms with Crippen molar-refractivity contribution < 1.29 is 13.2 Å². The smallest absolute Gasteiger partial charge is 0.308 e. The Balaban J connectivity index is 1.64. The lowest BCUT2D eigenvalue weighted by molar-refractivity contribution is -0.184. The Hall–Kier alpha value is -0.590. The van der Waals surface area contributed by atoms with E-state index in [2.05, 4.69) is 28.6 Å². The molecule has 0 saturated carbocycles. The van der Waals surface area contributed by atoms with Gasteiger partial charge in [0.2, 0.25) is 0 Å². The molecule has 1 aromatic heterocycles. The Morgan fingerprint density at radius 1 is 1.40 bits per heavy atom. The van der Waals surface area contributed by atoms with Gasteiger partial charge in [-0.15, -0.1) is 11.3 Å². The van der Waals surface area contributed by atoms with Crippen molar-refractivity contribution in [2.45, 2.75) is 32.0 Å². The molecule has 6 heteroatoms. The largest absolute Gasteiger partial charge is 0.391 e. The first-order valence-corrected chi connectivity index (χ1v) is 7.90. The lowest BCUT2D eigenvalue weighted by atomic mass is 9.96. The molecule has 0 amide bonds. The van der Waals surface area contributed by atoms with Crippen LogP contribution in [0.3, 0.4) is 0 Å². The predicted octanol–water partition coefficient (Wildman–Crippen LogP) is 3.67. The highest BCUT2D eigenvalue weighted by molar-refractivity contribution is 7.10. The SMILES string of the molecule is CC(NCCN1CCC(C(F)(F)F)CC1)c1cccs1. The summed E-state index contributed by atoms with van der Waals surface area (Å²) in [6.07, 6.45) is -3.54. The van der Waals surface area contributed by atoms with Crippen molar-refractivity contribution in [3.05, 3.63) is 22.4 Å². The molecule has 2 nitrogen and oxygen atoms in total. The Morgan fingerprint density at radius 2 is 2.10 bits per heavy atom. The van der Waals surface area contributed by atoms with Gasteiger partial charge in [0.05, 0.1) is 5.92 Å². The summed E-state index contributed by atoms with van der Waals surface area (Å²) in [7, 11) is 0. The molecule has 2 heterocycles. The van der Waals surface area contributed by atoms with Gasteiger partial charge in [-0.1, -0.05) is 6.07 Å². The van der Waals surface area contributed by atoms with Crippen LogP contribution in [0.25, 0.3) is 0 Å². The van der Waals surface area contributed by atoms with Crippen molar-refractivity contribution >= 4 is 11.3 Å². The normalized spacial score (nSPS) is 20.2. The Labute approximate surface area is 122 Å². The van der Waals surface area contributed by atoms with E-state index >= 15 is 0 Å². The van der Waals surface area contributed by atoms with Crippen LogP contribution in [0.2, 0.25) is 0 Å². The highest BCUT2D eigenvalue weighted by Crippen LogP contribution is 2.33. The summed E-state index contributed by atoms with van der Waals surface area (Å²) < 4.78 is 37.7. The Kier molecular flexibility index (Phi) is 5.46. The van der Waals surface area contributed by atoms with Crippen molar-refractivity contribution in [2.75, 3.05) is 26.2 Å². The standard InChI is InChI=1S/C14H21F3N2S/c1-11(13-3-2-10-20-13)18-6-9-19-7-4-12(5-8-19)14(15,16)17/h2-3,10-12,18H,4-9H2,1H3. The molecule has 0 radical (unpaired) electrons. The molecular formula is C14H21F3N2S.